The Labute approximate surface area is 112 Å². The van der Waals surface area contributed by atoms with Crippen LogP contribution in [0.2, 0.25) is 0 Å². The molecule has 0 atom stereocenters. The Morgan fingerprint density at radius 1 is 1.42 bits per heavy atom. The van der Waals surface area contributed by atoms with Crippen LogP contribution in [0.5, 0.6) is 0 Å². The maximum atomic E-state index is 12.5. The molecule has 1 amide bonds. The number of amides is 1. The van der Waals surface area contributed by atoms with Crippen molar-refractivity contribution >= 4 is 5.91 Å². The summed E-state index contributed by atoms with van der Waals surface area (Å²) in [6, 6.07) is 3.33. The highest BCUT2D eigenvalue weighted by Gasteiger charge is 2.26. The number of carbonyl (C=O) groups is 1. The van der Waals surface area contributed by atoms with E-state index in [1.807, 2.05) is 4.90 Å². The third-order valence-electron chi connectivity index (χ3n) is 3.65. The first-order valence-electron chi connectivity index (χ1n) is 6.92. The van der Waals surface area contributed by atoms with E-state index in [1.54, 1.807) is 6.07 Å². The minimum absolute atomic E-state index is 0.0496. The molecule has 0 aromatic carbocycles. The summed E-state index contributed by atoms with van der Waals surface area (Å²) in [7, 11) is 0. The minimum Gasteiger partial charge on any atom is -0.336 e. The van der Waals surface area contributed by atoms with Crippen LogP contribution in [0.25, 0.3) is 0 Å². The molecule has 1 aromatic heterocycles. The summed E-state index contributed by atoms with van der Waals surface area (Å²) in [6.07, 6.45) is 6.77. The Kier molecular flexibility index (Phi) is 4.74. The van der Waals surface area contributed by atoms with Gasteiger partial charge in [-0.25, -0.2) is 0 Å². The molecule has 104 valence electrons. The Bertz CT molecular complexity index is 478. The maximum Gasteiger partial charge on any atom is 0.254 e. The third-order valence-corrected chi connectivity index (χ3v) is 3.65. The fourth-order valence-corrected chi connectivity index (χ4v) is 2.67. The van der Waals surface area contributed by atoms with Crippen molar-refractivity contribution in [1.29, 1.82) is 0 Å². The van der Waals surface area contributed by atoms with Gasteiger partial charge in [0, 0.05) is 30.4 Å². The van der Waals surface area contributed by atoms with Gasteiger partial charge in [-0.05, 0) is 31.9 Å². The molecule has 0 radical (unpaired) electrons. The lowest BCUT2D eigenvalue weighted by atomic mass is 10.1. The zero-order valence-electron chi connectivity index (χ0n) is 11.1. The summed E-state index contributed by atoms with van der Waals surface area (Å²) in [6.45, 7) is 1.25. The topological polar surface area (TPSA) is 79.2 Å². The summed E-state index contributed by atoms with van der Waals surface area (Å²) in [4.78, 5) is 28.3. The number of H-pyrrole nitrogens is 1. The van der Waals surface area contributed by atoms with Crippen molar-refractivity contribution in [1.82, 2.24) is 9.88 Å². The normalized spacial score (nSPS) is 15.6. The van der Waals surface area contributed by atoms with Gasteiger partial charge in [0.2, 0.25) is 5.56 Å². The molecule has 5 heteroatoms. The van der Waals surface area contributed by atoms with Crippen molar-refractivity contribution < 1.29 is 4.79 Å². The van der Waals surface area contributed by atoms with Crippen LogP contribution in [0, 0.1) is 0 Å². The largest absolute Gasteiger partial charge is 0.336 e. The molecule has 5 nitrogen and oxygen atoms in total. The van der Waals surface area contributed by atoms with Gasteiger partial charge in [-0.3, -0.25) is 9.59 Å². The summed E-state index contributed by atoms with van der Waals surface area (Å²) < 4.78 is 0. The van der Waals surface area contributed by atoms with Crippen LogP contribution in [0.4, 0.5) is 0 Å². The first-order valence-corrected chi connectivity index (χ1v) is 6.92. The SMILES string of the molecule is NCCCN(C(=O)c1cc[nH]c(=O)c1)C1CCCC1. The van der Waals surface area contributed by atoms with E-state index in [9.17, 15) is 9.59 Å². The van der Waals surface area contributed by atoms with E-state index in [2.05, 4.69) is 4.98 Å². The zero-order chi connectivity index (χ0) is 13.7. The van der Waals surface area contributed by atoms with Gasteiger partial charge >= 0.3 is 0 Å². The molecule has 0 aliphatic heterocycles. The predicted octanol–water partition coefficient (Wildman–Crippen LogP) is 1.11. The van der Waals surface area contributed by atoms with Gasteiger partial charge in [0.25, 0.3) is 5.91 Å². The number of nitrogens with two attached hydrogens (primary N) is 1. The van der Waals surface area contributed by atoms with Gasteiger partial charge in [-0.15, -0.1) is 0 Å². The number of rotatable bonds is 5. The Morgan fingerprint density at radius 2 is 2.16 bits per heavy atom. The summed E-state index contributed by atoms with van der Waals surface area (Å²) in [5.41, 5.74) is 5.77. The van der Waals surface area contributed by atoms with Crippen molar-refractivity contribution in [2.75, 3.05) is 13.1 Å². The number of carbonyl (C=O) groups excluding carboxylic acids is 1. The highest BCUT2D eigenvalue weighted by atomic mass is 16.2. The number of hydrogen-bond acceptors (Lipinski definition) is 3. The average Bonchev–Trinajstić information content (AvgIpc) is 2.93. The molecule has 1 aliphatic rings. The molecule has 2 rings (SSSR count). The Balaban J connectivity index is 2.16. The molecule has 0 unspecified atom stereocenters. The first kappa shape index (κ1) is 13.8. The van der Waals surface area contributed by atoms with Gasteiger partial charge in [0.15, 0.2) is 0 Å². The molecule has 1 aromatic rings. The highest BCUT2D eigenvalue weighted by molar-refractivity contribution is 5.94. The van der Waals surface area contributed by atoms with Crippen LogP contribution in [0.15, 0.2) is 23.1 Å². The second kappa shape index (κ2) is 6.52. The smallest absolute Gasteiger partial charge is 0.254 e. The quantitative estimate of drug-likeness (QED) is 0.835. The van der Waals surface area contributed by atoms with Crippen molar-refractivity contribution in [3.8, 4) is 0 Å². The second-order valence-corrected chi connectivity index (χ2v) is 5.02. The lowest BCUT2D eigenvalue weighted by molar-refractivity contribution is 0.0680. The van der Waals surface area contributed by atoms with Gasteiger partial charge in [0.1, 0.15) is 0 Å². The van der Waals surface area contributed by atoms with Gasteiger partial charge in [-0.2, -0.15) is 0 Å². The zero-order valence-corrected chi connectivity index (χ0v) is 11.1. The van der Waals surface area contributed by atoms with E-state index in [1.165, 1.54) is 25.1 Å². The number of aromatic amines is 1. The van der Waals surface area contributed by atoms with Crippen molar-refractivity contribution in [3.05, 3.63) is 34.2 Å². The van der Waals surface area contributed by atoms with Crippen molar-refractivity contribution in [2.45, 2.75) is 38.1 Å². The number of nitrogens with zero attached hydrogens (tertiary/aromatic N) is 1. The van der Waals surface area contributed by atoms with Gasteiger partial charge in [-0.1, -0.05) is 12.8 Å². The molecule has 0 bridgehead atoms. The van der Waals surface area contributed by atoms with Crippen LogP contribution in [-0.4, -0.2) is 34.9 Å². The molecule has 3 N–H and O–H groups in total. The molecule has 1 aliphatic carbocycles. The van der Waals surface area contributed by atoms with E-state index in [0.29, 0.717) is 24.7 Å². The average molecular weight is 263 g/mol. The fraction of sp³-hybridized carbons (Fsp3) is 0.571. The first-order chi connectivity index (χ1) is 9.22. The van der Waals surface area contributed by atoms with E-state index >= 15 is 0 Å². The van der Waals surface area contributed by atoms with Crippen molar-refractivity contribution in [2.24, 2.45) is 5.73 Å². The van der Waals surface area contributed by atoms with E-state index in [-0.39, 0.29) is 11.5 Å². The fourth-order valence-electron chi connectivity index (χ4n) is 2.67. The molecule has 0 saturated heterocycles. The Hall–Kier alpha value is -1.62. The lowest BCUT2D eigenvalue weighted by Crippen LogP contribution is -2.40. The van der Waals surface area contributed by atoms with Crippen LogP contribution < -0.4 is 11.3 Å². The van der Waals surface area contributed by atoms with Crippen LogP contribution in [0.3, 0.4) is 0 Å². The highest BCUT2D eigenvalue weighted by Crippen LogP contribution is 2.24. The lowest BCUT2D eigenvalue weighted by Gasteiger charge is -2.29. The minimum atomic E-state index is -0.240. The number of pyridine rings is 1. The molecule has 1 saturated carbocycles. The third kappa shape index (κ3) is 3.44. The van der Waals surface area contributed by atoms with Crippen LogP contribution in [0.1, 0.15) is 42.5 Å². The molecular formula is C14H21N3O2. The number of aromatic nitrogens is 1. The molecular weight excluding hydrogens is 242 g/mol. The van der Waals surface area contributed by atoms with Crippen LogP contribution >= 0.6 is 0 Å². The molecule has 1 fully saturated rings. The second-order valence-electron chi connectivity index (χ2n) is 5.02. The standard InChI is InChI=1S/C14H21N3O2/c15-7-3-9-17(12-4-1-2-5-12)14(19)11-6-8-16-13(18)10-11/h6,8,10,12H,1-5,7,9,15H2,(H,16,18). The molecule has 1 heterocycles. The van der Waals surface area contributed by atoms with E-state index in [4.69, 9.17) is 5.73 Å². The monoisotopic (exact) mass is 263 g/mol. The maximum absolute atomic E-state index is 12.5. The van der Waals surface area contributed by atoms with Gasteiger partial charge < -0.3 is 15.6 Å². The number of nitrogens with one attached hydrogen (secondary N) is 1. The van der Waals surface area contributed by atoms with Crippen molar-refractivity contribution in [3.63, 3.8) is 0 Å². The van der Waals surface area contributed by atoms with Crippen LogP contribution in [-0.2, 0) is 0 Å². The summed E-state index contributed by atoms with van der Waals surface area (Å²) >= 11 is 0. The van der Waals surface area contributed by atoms with E-state index in [0.717, 1.165) is 19.3 Å². The summed E-state index contributed by atoms with van der Waals surface area (Å²) in [5.74, 6) is -0.0496. The summed E-state index contributed by atoms with van der Waals surface area (Å²) in [5, 5.41) is 0. The predicted molar refractivity (Wildman–Crippen MR) is 74.0 cm³/mol. The van der Waals surface area contributed by atoms with E-state index < -0.39 is 0 Å². The Morgan fingerprint density at radius 3 is 2.79 bits per heavy atom. The van der Waals surface area contributed by atoms with Gasteiger partial charge in [0.05, 0.1) is 0 Å². The molecule has 0 spiro atoms. The number of hydrogen-bond donors (Lipinski definition) is 2. The molecule has 19 heavy (non-hydrogen) atoms.